The van der Waals surface area contributed by atoms with Crippen molar-refractivity contribution in [2.75, 3.05) is 25.0 Å². The van der Waals surface area contributed by atoms with Gasteiger partial charge in [0, 0.05) is 24.6 Å². The average molecular weight is 232 g/mol. The van der Waals surface area contributed by atoms with Gasteiger partial charge in [0.05, 0.1) is 13.2 Å². The average Bonchev–Trinajstić information content (AvgIpc) is 2.98. The number of hydrogen-bond acceptors (Lipinski definition) is 3. The fourth-order valence-electron chi connectivity index (χ4n) is 2.50. The van der Waals surface area contributed by atoms with Crippen LogP contribution < -0.4 is 5.32 Å². The van der Waals surface area contributed by atoms with Crippen LogP contribution in [-0.2, 0) is 9.63 Å². The summed E-state index contributed by atoms with van der Waals surface area (Å²) in [5, 5.41) is 4.85. The molecule has 1 aromatic carbocycles. The summed E-state index contributed by atoms with van der Waals surface area (Å²) in [5.41, 5.74) is 2.41. The number of benzene rings is 1. The van der Waals surface area contributed by atoms with Gasteiger partial charge in [-0.2, -0.15) is 0 Å². The Morgan fingerprint density at radius 3 is 3.18 bits per heavy atom. The second-order valence-electron chi connectivity index (χ2n) is 4.55. The molecule has 1 amide bonds. The smallest absolute Gasteiger partial charge is 0.246 e. The van der Waals surface area contributed by atoms with Crippen LogP contribution in [0.2, 0.25) is 0 Å². The zero-order valence-corrected chi connectivity index (χ0v) is 9.69. The molecule has 1 N–H and O–H groups in total. The van der Waals surface area contributed by atoms with Gasteiger partial charge in [0.25, 0.3) is 0 Å². The highest BCUT2D eigenvalue weighted by Gasteiger charge is 2.27. The van der Waals surface area contributed by atoms with E-state index in [4.69, 9.17) is 4.84 Å². The quantitative estimate of drug-likeness (QED) is 0.844. The Labute approximate surface area is 101 Å². The summed E-state index contributed by atoms with van der Waals surface area (Å²) in [6.07, 6.45) is 1.48. The zero-order valence-electron chi connectivity index (χ0n) is 9.69. The Balaban J connectivity index is 1.68. The Bertz CT molecular complexity index is 427. The van der Waals surface area contributed by atoms with Gasteiger partial charge in [0.2, 0.25) is 5.91 Å². The minimum absolute atomic E-state index is 0.103. The van der Waals surface area contributed by atoms with Gasteiger partial charge in [-0.1, -0.05) is 18.2 Å². The maximum absolute atomic E-state index is 12.0. The number of para-hydroxylation sites is 1. The van der Waals surface area contributed by atoms with Crippen LogP contribution in [0.1, 0.15) is 24.3 Å². The first-order valence-corrected chi connectivity index (χ1v) is 6.10. The summed E-state index contributed by atoms with van der Waals surface area (Å²) in [6, 6.07) is 8.19. The summed E-state index contributed by atoms with van der Waals surface area (Å²) in [7, 11) is 0. The molecular weight excluding hydrogens is 216 g/mol. The number of nitrogens with zero attached hydrogens (tertiary/aromatic N) is 1. The van der Waals surface area contributed by atoms with E-state index in [0.29, 0.717) is 13.0 Å². The summed E-state index contributed by atoms with van der Waals surface area (Å²) < 4.78 is 0. The van der Waals surface area contributed by atoms with E-state index in [1.807, 2.05) is 12.1 Å². The molecule has 0 radical (unpaired) electrons. The molecule has 2 heterocycles. The molecule has 0 aliphatic carbocycles. The monoisotopic (exact) mass is 232 g/mol. The van der Waals surface area contributed by atoms with Gasteiger partial charge in [0.1, 0.15) is 0 Å². The lowest BCUT2D eigenvalue weighted by Gasteiger charge is -2.16. The Morgan fingerprint density at radius 1 is 1.47 bits per heavy atom. The fraction of sp³-hybridized carbons (Fsp3) is 0.462. The third-order valence-corrected chi connectivity index (χ3v) is 3.39. The van der Waals surface area contributed by atoms with E-state index in [1.165, 1.54) is 10.6 Å². The highest BCUT2D eigenvalue weighted by molar-refractivity contribution is 5.77. The van der Waals surface area contributed by atoms with Gasteiger partial charge in [-0.05, 0) is 18.1 Å². The van der Waals surface area contributed by atoms with Crippen LogP contribution in [0.25, 0.3) is 0 Å². The van der Waals surface area contributed by atoms with Gasteiger partial charge in [-0.25, -0.2) is 5.06 Å². The molecule has 0 saturated carbocycles. The standard InChI is InChI=1S/C13H16N2O2/c16-13(15-6-3-7-17-15)8-10-9-14-12-5-2-1-4-11(10)12/h1-2,4-5,10,14H,3,6-9H2. The molecule has 1 atom stereocenters. The van der Waals surface area contributed by atoms with Gasteiger partial charge < -0.3 is 5.32 Å². The topological polar surface area (TPSA) is 41.6 Å². The number of hydroxylamine groups is 2. The molecule has 1 saturated heterocycles. The van der Waals surface area contributed by atoms with Crippen molar-refractivity contribution in [3.8, 4) is 0 Å². The van der Waals surface area contributed by atoms with Crippen LogP contribution in [0, 0.1) is 0 Å². The molecule has 4 nitrogen and oxygen atoms in total. The van der Waals surface area contributed by atoms with Crippen LogP contribution in [0.5, 0.6) is 0 Å². The minimum atomic E-state index is 0.103. The number of anilines is 1. The normalized spacial score (nSPS) is 22.4. The summed E-state index contributed by atoms with van der Waals surface area (Å²) >= 11 is 0. The molecule has 2 aliphatic heterocycles. The molecule has 17 heavy (non-hydrogen) atoms. The Morgan fingerprint density at radius 2 is 2.35 bits per heavy atom. The number of hydrogen-bond donors (Lipinski definition) is 1. The predicted molar refractivity (Wildman–Crippen MR) is 64.6 cm³/mol. The molecule has 1 unspecified atom stereocenters. The number of carbonyl (C=O) groups is 1. The molecule has 0 spiro atoms. The van der Waals surface area contributed by atoms with E-state index in [2.05, 4.69) is 17.4 Å². The Hall–Kier alpha value is -1.55. The zero-order chi connectivity index (χ0) is 11.7. The maximum atomic E-state index is 12.0. The lowest BCUT2D eigenvalue weighted by atomic mass is 9.97. The second kappa shape index (κ2) is 4.37. The molecule has 3 rings (SSSR count). The second-order valence-corrected chi connectivity index (χ2v) is 4.55. The van der Waals surface area contributed by atoms with Crippen molar-refractivity contribution in [2.45, 2.75) is 18.8 Å². The Kier molecular flexibility index (Phi) is 2.73. The fourth-order valence-corrected chi connectivity index (χ4v) is 2.50. The van der Waals surface area contributed by atoms with Crippen molar-refractivity contribution in [2.24, 2.45) is 0 Å². The first kappa shape index (κ1) is 10.6. The number of fused-ring (bicyclic) bond motifs is 1. The minimum Gasteiger partial charge on any atom is -0.384 e. The molecule has 90 valence electrons. The first-order valence-electron chi connectivity index (χ1n) is 6.10. The third kappa shape index (κ3) is 2.00. The molecule has 1 aromatic rings. The van der Waals surface area contributed by atoms with E-state index in [9.17, 15) is 4.79 Å². The van der Waals surface area contributed by atoms with E-state index < -0.39 is 0 Å². The largest absolute Gasteiger partial charge is 0.384 e. The maximum Gasteiger partial charge on any atom is 0.246 e. The van der Waals surface area contributed by atoms with Crippen molar-refractivity contribution >= 4 is 11.6 Å². The van der Waals surface area contributed by atoms with Crippen LogP contribution >= 0.6 is 0 Å². The van der Waals surface area contributed by atoms with E-state index >= 15 is 0 Å². The number of rotatable bonds is 2. The SMILES string of the molecule is O=C(CC1CNc2ccccc21)N1CCCO1. The van der Waals surface area contributed by atoms with Crippen LogP contribution in [0.4, 0.5) is 5.69 Å². The van der Waals surface area contributed by atoms with Crippen LogP contribution in [0.15, 0.2) is 24.3 Å². The van der Waals surface area contributed by atoms with Crippen molar-refractivity contribution in [1.82, 2.24) is 5.06 Å². The van der Waals surface area contributed by atoms with Crippen molar-refractivity contribution in [1.29, 1.82) is 0 Å². The van der Waals surface area contributed by atoms with Gasteiger partial charge in [0.15, 0.2) is 0 Å². The first-order chi connectivity index (χ1) is 8.34. The van der Waals surface area contributed by atoms with Crippen molar-refractivity contribution in [3.05, 3.63) is 29.8 Å². The molecule has 0 aromatic heterocycles. The van der Waals surface area contributed by atoms with Crippen molar-refractivity contribution in [3.63, 3.8) is 0 Å². The van der Waals surface area contributed by atoms with E-state index in [0.717, 1.165) is 25.2 Å². The van der Waals surface area contributed by atoms with Crippen LogP contribution in [0.3, 0.4) is 0 Å². The lowest BCUT2D eigenvalue weighted by Crippen LogP contribution is -2.28. The van der Waals surface area contributed by atoms with Gasteiger partial charge in [-0.15, -0.1) is 0 Å². The molecular formula is C13H16N2O2. The van der Waals surface area contributed by atoms with Crippen LogP contribution in [-0.4, -0.2) is 30.7 Å². The molecule has 2 aliphatic rings. The van der Waals surface area contributed by atoms with Crippen molar-refractivity contribution < 1.29 is 9.63 Å². The highest BCUT2D eigenvalue weighted by atomic mass is 16.7. The number of carbonyl (C=O) groups excluding carboxylic acids is 1. The molecule has 0 bridgehead atoms. The molecule has 1 fully saturated rings. The number of nitrogens with one attached hydrogen (secondary N) is 1. The summed E-state index contributed by atoms with van der Waals surface area (Å²) in [6.45, 7) is 2.25. The predicted octanol–water partition coefficient (Wildman–Crippen LogP) is 1.75. The summed E-state index contributed by atoms with van der Waals surface area (Å²) in [5.74, 6) is 0.383. The van der Waals surface area contributed by atoms with Gasteiger partial charge >= 0.3 is 0 Å². The number of amides is 1. The van der Waals surface area contributed by atoms with E-state index in [-0.39, 0.29) is 11.8 Å². The van der Waals surface area contributed by atoms with Gasteiger partial charge in [-0.3, -0.25) is 9.63 Å². The van der Waals surface area contributed by atoms with E-state index in [1.54, 1.807) is 0 Å². The highest BCUT2D eigenvalue weighted by Crippen LogP contribution is 2.33. The third-order valence-electron chi connectivity index (χ3n) is 3.39. The summed E-state index contributed by atoms with van der Waals surface area (Å²) in [4.78, 5) is 17.3. The lowest BCUT2D eigenvalue weighted by molar-refractivity contribution is -0.169. The molecule has 4 heteroatoms.